The average Bonchev–Trinajstić information content (AvgIpc) is 2.31. The van der Waals surface area contributed by atoms with Crippen molar-refractivity contribution in [3.05, 3.63) is 54.4 Å². The van der Waals surface area contributed by atoms with Crippen molar-refractivity contribution >= 4 is 0 Å². The number of pyridine rings is 1. The van der Waals surface area contributed by atoms with Gasteiger partial charge in [-0.3, -0.25) is 4.98 Å². The van der Waals surface area contributed by atoms with Gasteiger partial charge in [0.15, 0.2) is 0 Å². The van der Waals surface area contributed by atoms with Gasteiger partial charge in [0.25, 0.3) is 0 Å². The summed E-state index contributed by atoms with van der Waals surface area (Å²) < 4.78 is 5.64. The summed E-state index contributed by atoms with van der Waals surface area (Å²) in [5.41, 5.74) is 1.32. The zero-order valence-electron chi connectivity index (χ0n) is 8.68. The summed E-state index contributed by atoms with van der Waals surface area (Å²) in [5, 5.41) is 0. The number of ether oxygens (including phenoxy) is 1. The Bertz CT molecular complexity index is 408. The molecular weight excluding hydrogens is 186 g/mol. The number of aromatic nitrogens is 1. The lowest BCUT2D eigenvalue weighted by Gasteiger charge is -2.05. The Morgan fingerprint density at radius 3 is 2.13 bits per heavy atom. The zero-order chi connectivity index (χ0) is 10.5. The second-order valence-electron chi connectivity index (χ2n) is 3.28. The van der Waals surface area contributed by atoms with Crippen LogP contribution in [0.1, 0.15) is 12.5 Å². The van der Waals surface area contributed by atoms with E-state index in [9.17, 15) is 0 Å². The Kier molecular flexibility index (Phi) is 2.98. The summed E-state index contributed by atoms with van der Waals surface area (Å²) in [6.07, 6.45) is 4.49. The van der Waals surface area contributed by atoms with Crippen molar-refractivity contribution in [2.24, 2.45) is 0 Å². The topological polar surface area (TPSA) is 22.1 Å². The summed E-state index contributed by atoms with van der Waals surface area (Å²) in [6, 6.07) is 11.8. The van der Waals surface area contributed by atoms with Gasteiger partial charge in [0, 0.05) is 12.4 Å². The highest BCUT2D eigenvalue weighted by Crippen LogP contribution is 2.20. The third-order valence-electron chi connectivity index (χ3n) is 2.22. The molecule has 0 radical (unpaired) electrons. The van der Waals surface area contributed by atoms with E-state index in [2.05, 4.69) is 24.0 Å². The normalized spacial score (nSPS) is 9.93. The van der Waals surface area contributed by atoms with Gasteiger partial charge in [-0.15, -0.1) is 0 Å². The minimum absolute atomic E-state index is 0.814. The molecule has 76 valence electrons. The summed E-state index contributed by atoms with van der Waals surface area (Å²) in [4.78, 5) is 3.93. The molecule has 0 atom stereocenters. The minimum Gasteiger partial charge on any atom is -0.457 e. The fraction of sp³-hybridized carbons (Fsp3) is 0.154. The minimum atomic E-state index is 0.814. The molecule has 2 rings (SSSR count). The first-order valence-electron chi connectivity index (χ1n) is 5.05. The van der Waals surface area contributed by atoms with Gasteiger partial charge in [0.1, 0.15) is 11.5 Å². The van der Waals surface area contributed by atoms with Gasteiger partial charge in [-0.2, -0.15) is 0 Å². The third-order valence-corrected chi connectivity index (χ3v) is 2.22. The maximum atomic E-state index is 5.64. The van der Waals surface area contributed by atoms with Crippen LogP contribution in [0.25, 0.3) is 0 Å². The van der Waals surface area contributed by atoms with Gasteiger partial charge in [-0.1, -0.05) is 19.1 Å². The largest absolute Gasteiger partial charge is 0.457 e. The molecule has 2 heteroatoms. The van der Waals surface area contributed by atoms with Crippen molar-refractivity contribution in [2.45, 2.75) is 13.3 Å². The quantitative estimate of drug-likeness (QED) is 0.755. The summed E-state index contributed by atoms with van der Waals surface area (Å²) in [7, 11) is 0. The van der Waals surface area contributed by atoms with Crippen molar-refractivity contribution < 1.29 is 4.74 Å². The van der Waals surface area contributed by atoms with E-state index in [1.165, 1.54) is 5.56 Å². The highest BCUT2D eigenvalue weighted by molar-refractivity contribution is 5.31. The molecule has 0 amide bonds. The maximum absolute atomic E-state index is 5.64. The third kappa shape index (κ3) is 2.56. The van der Waals surface area contributed by atoms with E-state index in [4.69, 9.17) is 4.74 Å². The molecule has 2 nitrogen and oxygen atoms in total. The van der Waals surface area contributed by atoms with Crippen LogP contribution in [0.15, 0.2) is 48.8 Å². The molecule has 1 aromatic heterocycles. The van der Waals surface area contributed by atoms with Gasteiger partial charge < -0.3 is 4.74 Å². The predicted octanol–water partition coefficient (Wildman–Crippen LogP) is 3.44. The SMILES string of the molecule is CCc1ccc(Oc2ccncc2)cc1. The lowest BCUT2D eigenvalue weighted by molar-refractivity contribution is 0.482. The molecule has 0 saturated heterocycles. The van der Waals surface area contributed by atoms with Crippen LogP contribution >= 0.6 is 0 Å². The fourth-order valence-electron chi connectivity index (χ4n) is 1.34. The van der Waals surface area contributed by atoms with E-state index in [1.807, 2.05) is 24.3 Å². The molecule has 0 aliphatic carbocycles. The lowest BCUT2D eigenvalue weighted by atomic mass is 10.2. The monoisotopic (exact) mass is 199 g/mol. The molecule has 2 aromatic rings. The average molecular weight is 199 g/mol. The first-order chi connectivity index (χ1) is 7.38. The molecule has 0 N–H and O–H groups in total. The van der Waals surface area contributed by atoms with Crippen LogP contribution in [0.2, 0.25) is 0 Å². The summed E-state index contributed by atoms with van der Waals surface area (Å²) in [6.45, 7) is 2.14. The van der Waals surface area contributed by atoms with E-state index in [-0.39, 0.29) is 0 Å². The summed E-state index contributed by atoms with van der Waals surface area (Å²) in [5.74, 6) is 1.67. The number of hydrogen-bond donors (Lipinski definition) is 0. The molecule has 0 bridgehead atoms. The predicted molar refractivity (Wildman–Crippen MR) is 60.1 cm³/mol. The first-order valence-corrected chi connectivity index (χ1v) is 5.05. The Hall–Kier alpha value is -1.83. The Morgan fingerprint density at radius 2 is 1.53 bits per heavy atom. The Balaban J connectivity index is 2.11. The number of rotatable bonds is 3. The van der Waals surface area contributed by atoms with Crippen molar-refractivity contribution in [1.82, 2.24) is 4.98 Å². The van der Waals surface area contributed by atoms with Gasteiger partial charge in [-0.05, 0) is 36.2 Å². The number of benzene rings is 1. The van der Waals surface area contributed by atoms with Gasteiger partial charge >= 0.3 is 0 Å². The van der Waals surface area contributed by atoms with Crippen LogP contribution < -0.4 is 4.74 Å². The molecule has 0 unspecified atom stereocenters. The highest BCUT2D eigenvalue weighted by atomic mass is 16.5. The molecule has 0 aliphatic rings. The summed E-state index contributed by atoms with van der Waals surface area (Å²) >= 11 is 0. The van der Waals surface area contributed by atoms with Crippen LogP contribution in [-0.2, 0) is 6.42 Å². The second kappa shape index (κ2) is 4.60. The van der Waals surface area contributed by atoms with E-state index in [0.29, 0.717) is 0 Å². The molecule has 0 saturated carbocycles. The standard InChI is InChI=1S/C13H13NO/c1-2-11-3-5-12(6-4-11)15-13-7-9-14-10-8-13/h3-10H,2H2,1H3. The molecule has 0 aliphatic heterocycles. The van der Waals surface area contributed by atoms with E-state index in [0.717, 1.165) is 17.9 Å². The van der Waals surface area contributed by atoms with Gasteiger partial charge in [0.05, 0.1) is 0 Å². The number of aryl methyl sites for hydroxylation is 1. The van der Waals surface area contributed by atoms with E-state index >= 15 is 0 Å². The molecule has 15 heavy (non-hydrogen) atoms. The molecule has 0 fully saturated rings. The number of hydrogen-bond acceptors (Lipinski definition) is 2. The van der Waals surface area contributed by atoms with Crippen molar-refractivity contribution in [1.29, 1.82) is 0 Å². The molecule has 1 aromatic carbocycles. The first kappa shape index (κ1) is 9.71. The second-order valence-corrected chi connectivity index (χ2v) is 3.28. The van der Waals surface area contributed by atoms with Crippen molar-refractivity contribution in [2.75, 3.05) is 0 Å². The van der Waals surface area contributed by atoms with Crippen LogP contribution in [-0.4, -0.2) is 4.98 Å². The number of nitrogens with zero attached hydrogens (tertiary/aromatic N) is 1. The Labute approximate surface area is 89.6 Å². The lowest BCUT2D eigenvalue weighted by Crippen LogP contribution is -1.85. The van der Waals surface area contributed by atoms with Crippen LogP contribution in [0, 0.1) is 0 Å². The van der Waals surface area contributed by atoms with Crippen LogP contribution in [0.3, 0.4) is 0 Å². The van der Waals surface area contributed by atoms with Gasteiger partial charge in [-0.25, -0.2) is 0 Å². The molecular formula is C13H13NO. The molecule has 1 heterocycles. The van der Waals surface area contributed by atoms with E-state index < -0.39 is 0 Å². The van der Waals surface area contributed by atoms with Crippen molar-refractivity contribution in [3.63, 3.8) is 0 Å². The fourth-order valence-corrected chi connectivity index (χ4v) is 1.34. The van der Waals surface area contributed by atoms with Gasteiger partial charge in [0.2, 0.25) is 0 Å². The van der Waals surface area contributed by atoms with E-state index in [1.54, 1.807) is 12.4 Å². The van der Waals surface area contributed by atoms with Crippen molar-refractivity contribution in [3.8, 4) is 11.5 Å². The maximum Gasteiger partial charge on any atom is 0.130 e. The smallest absolute Gasteiger partial charge is 0.130 e. The molecule has 0 spiro atoms. The van der Waals surface area contributed by atoms with Crippen LogP contribution in [0.4, 0.5) is 0 Å². The van der Waals surface area contributed by atoms with Crippen LogP contribution in [0.5, 0.6) is 11.5 Å². The highest BCUT2D eigenvalue weighted by Gasteiger charge is 1.95. The Morgan fingerprint density at radius 1 is 0.933 bits per heavy atom. The zero-order valence-corrected chi connectivity index (χ0v) is 8.68.